The lowest BCUT2D eigenvalue weighted by Gasteiger charge is -2.12. The van der Waals surface area contributed by atoms with E-state index in [0.717, 1.165) is 11.1 Å². The van der Waals surface area contributed by atoms with E-state index < -0.39 is 0 Å². The van der Waals surface area contributed by atoms with E-state index in [1.165, 1.54) is 32.3 Å². The van der Waals surface area contributed by atoms with Crippen LogP contribution in [0.5, 0.6) is 0 Å². The number of rotatable bonds is 1. The lowest BCUT2D eigenvalue weighted by Crippen LogP contribution is -1.85. The van der Waals surface area contributed by atoms with E-state index in [4.69, 9.17) is 23.2 Å². The third kappa shape index (κ3) is 2.46. The molecule has 0 unspecified atom stereocenters. The third-order valence-corrected chi connectivity index (χ3v) is 5.38. The fourth-order valence-electron chi connectivity index (χ4n) is 3.81. The van der Waals surface area contributed by atoms with Crippen molar-refractivity contribution >= 4 is 55.5 Å². The van der Waals surface area contributed by atoms with Gasteiger partial charge in [-0.05, 0) is 67.7 Å². The lowest BCUT2D eigenvalue weighted by atomic mass is 9.92. The topological polar surface area (TPSA) is 0 Å². The zero-order valence-electron chi connectivity index (χ0n) is 13.8. The average Bonchev–Trinajstić information content (AvgIpc) is 2.67. The summed E-state index contributed by atoms with van der Waals surface area (Å²) in [7, 11) is 0. The Labute approximate surface area is 161 Å². The molecule has 0 radical (unpaired) electrons. The lowest BCUT2D eigenvalue weighted by molar-refractivity contribution is 1.65. The van der Waals surface area contributed by atoms with Gasteiger partial charge >= 0.3 is 0 Å². The minimum atomic E-state index is 0.649. The van der Waals surface area contributed by atoms with E-state index in [0.29, 0.717) is 10.0 Å². The summed E-state index contributed by atoms with van der Waals surface area (Å²) in [4.78, 5) is 0. The fraction of sp³-hybridized carbons (Fsp3) is 0. The van der Waals surface area contributed by atoms with Crippen LogP contribution in [0.3, 0.4) is 0 Å². The molecule has 0 spiro atoms. The first-order valence-corrected chi connectivity index (χ1v) is 9.26. The quantitative estimate of drug-likeness (QED) is 0.260. The van der Waals surface area contributed by atoms with Crippen LogP contribution in [-0.4, -0.2) is 0 Å². The van der Waals surface area contributed by atoms with Gasteiger partial charge in [0.05, 0.1) is 0 Å². The highest BCUT2D eigenvalue weighted by Crippen LogP contribution is 2.37. The molecule has 0 N–H and O–H groups in total. The van der Waals surface area contributed by atoms with Gasteiger partial charge in [-0.3, -0.25) is 0 Å². The van der Waals surface area contributed by atoms with E-state index in [2.05, 4.69) is 66.7 Å². The Morgan fingerprint density at radius 3 is 1.38 bits per heavy atom. The van der Waals surface area contributed by atoms with Crippen LogP contribution in [-0.2, 0) is 0 Å². The van der Waals surface area contributed by atoms with Crippen LogP contribution in [0.4, 0.5) is 0 Å². The first-order valence-electron chi connectivity index (χ1n) is 8.50. The number of halogens is 2. The summed E-state index contributed by atoms with van der Waals surface area (Å²) in [6, 6.07) is 29.4. The smallest absolute Gasteiger partial charge is 0.0426 e. The Morgan fingerprint density at radius 2 is 0.846 bits per heavy atom. The molecular weight excluding hydrogens is 359 g/mol. The van der Waals surface area contributed by atoms with Gasteiger partial charge in [0, 0.05) is 10.0 Å². The van der Waals surface area contributed by atoms with Gasteiger partial charge in [-0.2, -0.15) is 0 Å². The molecule has 0 bridgehead atoms. The predicted octanol–water partition coefficient (Wildman–Crippen LogP) is 8.12. The molecule has 0 aliphatic heterocycles. The summed E-state index contributed by atoms with van der Waals surface area (Å²) >= 11 is 12.4. The van der Waals surface area contributed by atoms with Gasteiger partial charge in [-0.15, -0.1) is 0 Å². The molecular formula is C24H14Cl2. The second kappa shape index (κ2) is 6.02. The standard InChI is InChI=1S/C24H14Cl2/c25-17-11-16(12-18(26)14-17)15-9-10-23-21-7-2-1-5-19(21)20-6-3-4-8-22(20)24(23)13-15/h1-14H. The number of fused-ring (bicyclic) bond motifs is 6. The Bertz CT molecular complexity index is 1250. The molecule has 0 saturated carbocycles. The summed E-state index contributed by atoms with van der Waals surface area (Å²) in [6.07, 6.45) is 0. The molecule has 2 heteroatoms. The maximum absolute atomic E-state index is 6.21. The second-order valence-corrected chi connectivity index (χ2v) is 7.38. The first kappa shape index (κ1) is 15.7. The van der Waals surface area contributed by atoms with Crippen molar-refractivity contribution in [3.05, 3.63) is 95.0 Å². The predicted molar refractivity (Wildman–Crippen MR) is 114 cm³/mol. The molecule has 0 aromatic heterocycles. The van der Waals surface area contributed by atoms with Gasteiger partial charge in [0.1, 0.15) is 0 Å². The Balaban J connectivity index is 1.92. The molecule has 124 valence electrons. The third-order valence-electron chi connectivity index (χ3n) is 4.94. The van der Waals surface area contributed by atoms with Crippen molar-refractivity contribution in [1.29, 1.82) is 0 Å². The van der Waals surface area contributed by atoms with Gasteiger partial charge in [0.2, 0.25) is 0 Å². The minimum Gasteiger partial charge on any atom is -0.0843 e. The molecule has 0 saturated heterocycles. The molecule has 0 amide bonds. The Hall–Kier alpha value is -2.54. The zero-order chi connectivity index (χ0) is 17.7. The van der Waals surface area contributed by atoms with E-state index in [-0.39, 0.29) is 0 Å². The molecule has 0 fully saturated rings. The second-order valence-electron chi connectivity index (χ2n) is 6.51. The van der Waals surface area contributed by atoms with E-state index in [1.807, 2.05) is 12.1 Å². The Morgan fingerprint density at radius 1 is 0.385 bits per heavy atom. The molecule has 0 aliphatic rings. The van der Waals surface area contributed by atoms with E-state index in [1.54, 1.807) is 6.07 Å². The largest absolute Gasteiger partial charge is 0.0843 e. The van der Waals surface area contributed by atoms with E-state index in [9.17, 15) is 0 Å². The molecule has 0 aliphatic carbocycles. The number of benzene rings is 5. The van der Waals surface area contributed by atoms with Gasteiger partial charge in [0.15, 0.2) is 0 Å². The molecule has 26 heavy (non-hydrogen) atoms. The molecule has 0 heterocycles. The van der Waals surface area contributed by atoms with Crippen molar-refractivity contribution in [2.75, 3.05) is 0 Å². The highest BCUT2D eigenvalue weighted by atomic mass is 35.5. The normalized spacial score (nSPS) is 11.5. The SMILES string of the molecule is Clc1cc(Cl)cc(-c2ccc3c4ccccc4c4ccccc4c3c2)c1. The molecule has 0 nitrogen and oxygen atoms in total. The summed E-state index contributed by atoms with van der Waals surface area (Å²) in [6.45, 7) is 0. The van der Waals surface area contributed by atoms with Crippen molar-refractivity contribution in [3.8, 4) is 11.1 Å². The van der Waals surface area contributed by atoms with Crippen LogP contribution in [0.1, 0.15) is 0 Å². The van der Waals surface area contributed by atoms with E-state index >= 15 is 0 Å². The summed E-state index contributed by atoms with van der Waals surface area (Å²) in [5, 5.41) is 8.90. The van der Waals surface area contributed by atoms with Gasteiger partial charge in [-0.25, -0.2) is 0 Å². The summed E-state index contributed by atoms with van der Waals surface area (Å²) in [5.74, 6) is 0. The van der Waals surface area contributed by atoms with Crippen LogP contribution >= 0.6 is 23.2 Å². The monoisotopic (exact) mass is 372 g/mol. The van der Waals surface area contributed by atoms with Crippen molar-refractivity contribution in [3.63, 3.8) is 0 Å². The van der Waals surface area contributed by atoms with Crippen LogP contribution < -0.4 is 0 Å². The summed E-state index contributed by atoms with van der Waals surface area (Å²) < 4.78 is 0. The molecule has 0 atom stereocenters. The van der Waals surface area contributed by atoms with Gasteiger partial charge in [-0.1, -0.05) is 83.9 Å². The maximum atomic E-state index is 6.21. The average molecular weight is 373 g/mol. The van der Waals surface area contributed by atoms with Gasteiger partial charge < -0.3 is 0 Å². The first-order chi connectivity index (χ1) is 12.7. The van der Waals surface area contributed by atoms with Crippen LogP contribution in [0.25, 0.3) is 43.4 Å². The van der Waals surface area contributed by atoms with Gasteiger partial charge in [0.25, 0.3) is 0 Å². The highest BCUT2D eigenvalue weighted by Gasteiger charge is 2.10. The van der Waals surface area contributed by atoms with Crippen molar-refractivity contribution in [2.45, 2.75) is 0 Å². The van der Waals surface area contributed by atoms with Crippen molar-refractivity contribution in [2.24, 2.45) is 0 Å². The Kier molecular flexibility index (Phi) is 3.63. The van der Waals surface area contributed by atoms with Crippen molar-refractivity contribution < 1.29 is 0 Å². The maximum Gasteiger partial charge on any atom is 0.0426 e. The van der Waals surface area contributed by atoms with Crippen molar-refractivity contribution in [1.82, 2.24) is 0 Å². The molecule has 5 rings (SSSR count). The summed E-state index contributed by atoms with van der Waals surface area (Å²) in [5.41, 5.74) is 2.14. The molecule has 5 aromatic carbocycles. The molecule has 5 aromatic rings. The zero-order valence-corrected chi connectivity index (χ0v) is 15.4. The number of hydrogen-bond acceptors (Lipinski definition) is 0. The van der Waals surface area contributed by atoms with Crippen LogP contribution in [0.2, 0.25) is 10.0 Å². The number of hydrogen-bond donors (Lipinski definition) is 0. The fourth-order valence-corrected chi connectivity index (χ4v) is 4.33. The highest BCUT2D eigenvalue weighted by molar-refractivity contribution is 6.35. The van der Waals surface area contributed by atoms with Crippen LogP contribution in [0, 0.1) is 0 Å². The minimum absolute atomic E-state index is 0.649. The van der Waals surface area contributed by atoms with Crippen LogP contribution in [0.15, 0.2) is 84.9 Å².